The highest BCUT2D eigenvalue weighted by Gasteiger charge is 2.39. The van der Waals surface area contributed by atoms with Crippen LogP contribution in [0.25, 0.3) is 0 Å². The zero-order valence-electron chi connectivity index (χ0n) is 10.6. The molecule has 0 aliphatic carbocycles. The molecule has 0 aromatic carbocycles. The zero-order valence-corrected chi connectivity index (χ0v) is 10.6. The molecule has 1 N–H and O–H groups in total. The minimum Gasteiger partial charge on any atom is -0.382 e. The largest absolute Gasteiger partial charge is 0.416 e. The number of halogens is 4. The van der Waals surface area contributed by atoms with Gasteiger partial charge in [-0.3, -0.25) is 13.9 Å². The van der Waals surface area contributed by atoms with Crippen molar-refractivity contribution in [3.63, 3.8) is 0 Å². The van der Waals surface area contributed by atoms with Crippen LogP contribution in [0.5, 0.6) is 0 Å². The Balaban J connectivity index is 2.45. The third-order valence-corrected chi connectivity index (χ3v) is 3.10. The molecule has 0 amide bonds. The van der Waals surface area contributed by atoms with Gasteiger partial charge in [-0.25, -0.2) is 4.79 Å². The van der Waals surface area contributed by atoms with Gasteiger partial charge in [0.25, 0.3) is 5.56 Å². The summed E-state index contributed by atoms with van der Waals surface area (Å²) in [5.74, 6) is -1.39. The number of aliphatic hydroxyl groups excluding tert-OH is 1. The number of alkyl halides is 3. The molecule has 0 bridgehead atoms. The Bertz CT molecular complexity index is 631. The van der Waals surface area contributed by atoms with Crippen LogP contribution in [-0.2, 0) is 11.3 Å². The molecule has 0 saturated carbocycles. The van der Waals surface area contributed by atoms with Gasteiger partial charge in [0.2, 0.25) is 5.82 Å². The van der Waals surface area contributed by atoms with Crippen LogP contribution < -0.4 is 11.2 Å². The average molecular weight is 312 g/mol. The minimum absolute atomic E-state index is 0.0230. The van der Waals surface area contributed by atoms with Crippen LogP contribution in [0.15, 0.2) is 15.8 Å². The SMILES string of the molecule is O=c1c(F)cn(C2CCCO2)c(=O)n1CC(O)C(F)(F)F. The molecule has 118 valence electrons. The molecule has 21 heavy (non-hydrogen) atoms. The van der Waals surface area contributed by atoms with Gasteiger partial charge in [-0.1, -0.05) is 0 Å². The van der Waals surface area contributed by atoms with Gasteiger partial charge < -0.3 is 9.84 Å². The van der Waals surface area contributed by atoms with Crippen molar-refractivity contribution in [2.75, 3.05) is 6.61 Å². The predicted molar refractivity (Wildman–Crippen MR) is 61.2 cm³/mol. The zero-order chi connectivity index (χ0) is 15.8. The van der Waals surface area contributed by atoms with Gasteiger partial charge in [-0.15, -0.1) is 0 Å². The number of nitrogens with zero attached hydrogens (tertiary/aromatic N) is 2. The van der Waals surface area contributed by atoms with Crippen molar-refractivity contribution in [1.82, 2.24) is 9.13 Å². The van der Waals surface area contributed by atoms with Gasteiger partial charge in [0.1, 0.15) is 6.23 Å². The summed E-state index contributed by atoms with van der Waals surface area (Å²) in [6.07, 6.45) is -7.21. The molecule has 1 aromatic heterocycles. The second kappa shape index (κ2) is 5.60. The van der Waals surface area contributed by atoms with Crippen LogP contribution in [-0.4, -0.2) is 33.1 Å². The van der Waals surface area contributed by atoms with Crippen molar-refractivity contribution in [3.05, 3.63) is 32.9 Å². The number of hydrogen-bond donors (Lipinski definition) is 1. The van der Waals surface area contributed by atoms with Gasteiger partial charge in [0.05, 0.1) is 12.7 Å². The Morgan fingerprint density at radius 1 is 1.43 bits per heavy atom. The van der Waals surface area contributed by atoms with Gasteiger partial charge >= 0.3 is 11.9 Å². The maximum atomic E-state index is 13.5. The summed E-state index contributed by atoms with van der Waals surface area (Å²) < 4.78 is 56.3. The molecule has 10 heteroatoms. The first-order valence-electron chi connectivity index (χ1n) is 6.09. The summed E-state index contributed by atoms with van der Waals surface area (Å²) in [4.78, 5) is 23.5. The molecule has 1 saturated heterocycles. The van der Waals surface area contributed by atoms with Crippen molar-refractivity contribution in [1.29, 1.82) is 0 Å². The third kappa shape index (κ3) is 3.16. The summed E-state index contributed by atoms with van der Waals surface area (Å²) in [5.41, 5.74) is -2.67. The smallest absolute Gasteiger partial charge is 0.382 e. The highest BCUT2D eigenvalue weighted by atomic mass is 19.4. The maximum Gasteiger partial charge on any atom is 0.416 e. The number of aromatic nitrogens is 2. The van der Waals surface area contributed by atoms with E-state index in [0.29, 0.717) is 25.6 Å². The van der Waals surface area contributed by atoms with Crippen molar-refractivity contribution in [2.24, 2.45) is 0 Å². The van der Waals surface area contributed by atoms with E-state index < -0.39 is 42.1 Å². The first-order chi connectivity index (χ1) is 9.71. The Kier molecular flexibility index (Phi) is 4.19. The molecule has 2 rings (SSSR count). The molecule has 6 nitrogen and oxygen atoms in total. The number of ether oxygens (including phenoxy) is 1. The fraction of sp³-hybridized carbons (Fsp3) is 0.636. The van der Waals surface area contributed by atoms with Crippen LogP contribution in [0, 0.1) is 5.82 Å². The number of hydrogen-bond acceptors (Lipinski definition) is 4. The summed E-state index contributed by atoms with van der Waals surface area (Å²) >= 11 is 0. The fourth-order valence-corrected chi connectivity index (χ4v) is 2.01. The summed E-state index contributed by atoms with van der Waals surface area (Å²) in [7, 11) is 0. The normalized spacial score (nSPS) is 20.7. The molecular weight excluding hydrogens is 300 g/mol. The Labute approximate surface area is 115 Å². The van der Waals surface area contributed by atoms with Gasteiger partial charge in [0.15, 0.2) is 6.10 Å². The Morgan fingerprint density at radius 3 is 2.62 bits per heavy atom. The van der Waals surface area contributed by atoms with Crippen LogP contribution in [0.3, 0.4) is 0 Å². The molecule has 1 fully saturated rings. The molecular formula is C11H12F4N2O4. The lowest BCUT2D eigenvalue weighted by molar-refractivity contribution is -0.207. The Morgan fingerprint density at radius 2 is 2.10 bits per heavy atom. The highest BCUT2D eigenvalue weighted by molar-refractivity contribution is 4.92. The van der Waals surface area contributed by atoms with E-state index in [0.717, 1.165) is 4.57 Å². The molecule has 1 aliphatic heterocycles. The highest BCUT2D eigenvalue weighted by Crippen LogP contribution is 2.22. The van der Waals surface area contributed by atoms with E-state index in [1.54, 1.807) is 0 Å². The van der Waals surface area contributed by atoms with E-state index in [1.165, 1.54) is 0 Å². The number of rotatable bonds is 3. The molecule has 0 radical (unpaired) electrons. The molecule has 2 unspecified atom stereocenters. The summed E-state index contributed by atoms with van der Waals surface area (Å²) in [6, 6.07) is 0. The lowest BCUT2D eigenvalue weighted by atomic mass is 10.3. The van der Waals surface area contributed by atoms with Crippen molar-refractivity contribution >= 4 is 0 Å². The topological polar surface area (TPSA) is 73.5 Å². The standard InChI is InChI=1S/C11H12F4N2O4/c12-6-4-16(8-2-1-3-21-8)10(20)17(9(6)19)5-7(18)11(13,14)15/h4,7-8,18H,1-3,5H2. The van der Waals surface area contributed by atoms with E-state index in [2.05, 4.69) is 0 Å². The number of aliphatic hydroxyl groups is 1. The van der Waals surface area contributed by atoms with Gasteiger partial charge in [-0.2, -0.15) is 17.6 Å². The second-order valence-corrected chi connectivity index (χ2v) is 4.61. The predicted octanol–water partition coefficient (Wildman–Crippen LogP) is 0.381. The van der Waals surface area contributed by atoms with E-state index in [4.69, 9.17) is 9.84 Å². The molecule has 0 spiro atoms. The second-order valence-electron chi connectivity index (χ2n) is 4.61. The molecule has 1 aliphatic rings. The van der Waals surface area contributed by atoms with Crippen LogP contribution >= 0.6 is 0 Å². The average Bonchev–Trinajstić information content (AvgIpc) is 2.91. The van der Waals surface area contributed by atoms with E-state index in [1.807, 2.05) is 0 Å². The van der Waals surface area contributed by atoms with Crippen LogP contribution in [0.2, 0.25) is 0 Å². The van der Waals surface area contributed by atoms with Crippen molar-refractivity contribution in [3.8, 4) is 0 Å². The quantitative estimate of drug-likeness (QED) is 0.819. The summed E-state index contributed by atoms with van der Waals surface area (Å²) in [6.45, 7) is -1.05. The van der Waals surface area contributed by atoms with Crippen LogP contribution in [0.4, 0.5) is 17.6 Å². The maximum absolute atomic E-state index is 13.5. The van der Waals surface area contributed by atoms with Gasteiger partial charge in [0, 0.05) is 6.61 Å². The lowest BCUT2D eigenvalue weighted by Gasteiger charge is -2.18. The fourth-order valence-electron chi connectivity index (χ4n) is 2.01. The molecule has 2 atom stereocenters. The van der Waals surface area contributed by atoms with Crippen molar-refractivity contribution in [2.45, 2.75) is 37.9 Å². The summed E-state index contributed by atoms with van der Waals surface area (Å²) in [5, 5.41) is 8.95. The molecule has 2 heterocycles. The Hall–Kier alpha value is -1.68. The van der Waals surface area contributed by atoms with E-state index in [9.17, 15) is 27.2 Å². The minimum atomic E-state index is -5.02. The van der Waals surface area contributed by atoms with Crippen molar-refractivity contribution < 1.29 is 27.4 Å². The molecule has 1 aromatic rings. The first kappa shape index (κ1) is 15.7. The monoisotopic (exact) mass is 312 g/mol. The van der Waals surface area contributed by atoms with E-state index >= 15 is 0 Å². The lowest BCUT2D eigenvalue weighted by Crippen LogP contribution is -2.47. The van der Waals surface area contributed by atoms with Gasteiger partial charge in [-0.05, 0) is 12.8 Å². The first-order valence-corrected chi connectivity index (χ1v) is 6.09. The third-order valence-electron chi connectivity index (χ3n) is 3.10. The van der Waals surface area contributed by atoms with E-state index in [-0.39, 0.29) is 4.57 Å². The van der Waals surface area contributed by atoms with Crippen LogP contribution in [0.1, 0.15) is 19.1 Å².